The van der Waals surface area contributed by atoms with Crippen molar-refractivity contribution >= 4 is 5.91 Å². The highest BCUT2D eigenvalue weighted by molar-refractivity contribution is 5.96. The monoisotopic (exact) mass is 291 g/mol. The molecule has 1 aliphatic rings. The molecule has 0 radical (unpaired) electrons. The van der Waals surface area contributed by atoms with Crippen LogP contribution in [0, 0.1) is 17.7 Å². The van der Waals surface area contributed by atoms with Crippen LogP contribution in [0.2, 0.25) is 0 Å². The number of carbonyl (C=O) groups excluding carboxylic acids is 1. The Kier molecular flexibility index (Phi) is 4.94. The SMILES string of the molecule is CC1(CNC(=O)c2cc(F)ccc2C#CCO)CCCO1. The Hall–Kier alpha value is -1.90. The number of aliphatic hydroxyl groups excluding tert-OH is 1. The first-order chi connectivity index (χ1) is 10.0. The van der Waals surface area contributed by atoms with Crippen molar-refractivity contribution in [2.45, 2.75) is 25.4 Å². The molecule has 1 heterocycles. The van der Waals surface area contributed by atoms with Gasteiger partial charge in [0.05, 0.1) is 11.2 Å². The molecule has 112 valence electrons. The van der Waals surface area contributed by atoms with Gasteiger partial charge in [-0.2, -0.15) is 0 Å². The summed E-state index contributed by atoms with van der Waals surface area (Å²) in [4.78, 5) is 12.2. The number of hydrogen-bond acceptors (Lipinski definition) is 3. The second-order valence-electron chi connectivity index (χ2n) is 5.23. The van der Waals surface area contributed by atoms with Crippen molar-refractivity contribution < 1.29 is 19.0 Å². The van der Waals surface area contributed by atoms with Gasteiger partial charge in [0.15, 0.2) is 0 Å². The van der Waals surface area contributed by atoms with Gasteiger partial charge in [0.25, 0.3) is 5.91 Å². The lowest BCUT2D eigenvalue weighted by Crippen LogP contribution is -2.40. The van der Waals surface area contributed by atoms with E-state index in [1.54, 1.807) is 0 Å². The van der Waals surface area contributed by atoms with Crippen LogP contribution < -0.4 is 5.32 Å². The first kappa shape index (κ1) is 15.5. The Balaban J connectivity index is 2.12. The van der Waals surface area contributed by atoms with Gasteiger partial charge in [-0.25, -0.2) is 4.39 Å². The first-order valence-corrected chi connectivity index (χ1v) is 6.85. The number of benzene rings is 1. The van der Waals surface area contributed by atoms with Gasteiger partial charge in [0.2, 0.25) is 0 Å². The molecule has 1 fully saturated rings. The zero-order valence-electron chi connectivity index (χ0n) is 11.9. The van der Waals surface area contributed by atoms with Crippen molar-refractivity contribution in [1.82, 2.24) is 5.32 Å². The lowest BCUT2D eigenvalue weighted by molar-refractivity contribution is 0.0206. The molecule has 0 aromatic heterocycles. The molecule has 1 aliphatic heterocycles. The standard InChI is InChI=1S/C16H18FNO3/c1-16(7-3-9-21-16)11-18-15(20)14-10-13(17)6-5-12(14)4-2-8-19/h5-6,10,19H,3,7-9,11H2,1H3,(H,18,20). The summed E-state index contributed by atoms with van der Waals surface area (Å²) in [7, 11) is 0. The molecule has 1 unspecified atom stereocenters. The smallest absolute Gasteiger partial charge is 0.252 e. The normalized spacial score (nSPS) is 20.7. The van der Waals surface area contributed by atoms with Gasteiger partial charge in [0.1, 0.15) is 12.4 Å². The summed E-state index contributed by atoms with van der Waals surface area (Å²) in [6.45, 7) is 2.69. The Morgan fingerprint density at radius 2 is 2.38 bits per heavy atom. The van der Waals surface area contributed by atoms with Gasteiger partial charge >= 0.3 is 0 Å². The number of amides is 1. The van der Waals surface area contributed by atoms with Crippen LogP contribution in [0.25, 0.3) is 0 Å². The van der Waals surface area contributed by atoms with Gasteiger partial charge in [0, 0.05) is 18.7 Å². The Morgan fingerprint density at radius 3 is 3.05 bits per heavy atom. The average Bonchev–Trinajstić information content (AvgIpc) is 2.91. The van der Waals surface area contributed by atoms with Crippen molar-refractivity contribution in [3.05, 3.63) is 35.1 Å². The second kappa shape index (κ2) is 6.70. The average molecular weight is 291 g/mol. The summed E-state index contributed by atoms with van der Waals surface area (Å²) in [5.74, 6) is 4.22. The predicted molar refractivity (Wildman–Crippen MR) is 76.3 cm³/mol. The zero-order valence-corrected chi connectivity index (χ0v) is 11.9. The Morgan fingerprint density at radius 1 is 1.57 bits per heavy atom. The highest BCUT2D eigenvalue weighted by Crippen LogP contribution is 2.24. The largest absolute Gasteiger partial charge is 0.384 e. The number of nitrogens with one attached hydrogen (secondary N) is 1. The van der Waals surface area contributed by atoms with Crippen molar-refractivity contribution in [3.8, 4) is 11.8 Å². The molecule has 0 saturated carbocycles. The summed E-state index contributed by atoms with van der Waals surface area (Å²) in [5.41, 5.74) is 0.193. The van der Waals surface area contributed by atoms with Crippen LogP contribution in [0.4, 0.5) is 4.39 Å². The quantitative estimate of drug-likeness (QED) is 0.829. The number of ether oxygens (including phenoxy) is 1. The molecule has 21 heavy (non-hydrogen) atoms. The maximum Gasteiger partial charge on any atom is 0.252 e. The third-order valence-corrected chi connectivity index (χ3v) is 3.45. The second-order valence-corrected chi connectivity index (χ2v) is 5.23. The Bertz CT molecular complexity index is 583. The number of hydrogen-bond donors (Lipinski definition) is 2. The van der Waals surface area contributed by atoms with Crippen LogP contribution in [-0.2, 0) is 4.74 Å². The van der Waals surface area contributed by atoms with Gasteiger partial charge in [-0.15, -0.1) is 0 Å². The maximum atomic E-state index is 13.3. The highest BCUT2D eigenvalue weighted by Gasteiger charge is 2.30. The third kappa shape index (κ3) is 4.03. The van der Waals surface area contributed by atoms with Crippen LogP contribution in [0.3, 0.4) is 0 Å². The minimum absolute atomic E-state index is 0.164. The van der Waals surface area contributed by atoms with Crippen LogP contribution in [0.1, 0.15) is 35.7 Å². The van der Waals surface area contributed by atoms with Crippen LogP contribution in [0.15, 0.2) is 18.2 Å². The van der Waals surface area contributed by atoms with E-state index in [0.29, 0.717) is 18.7 Å². The molecule has 0 spiro atoms. The number of aliphatic hydroxyl groups is 1. The van der Waals surface area contributed by atoms with E-state index < -0.39 is 11.7 Å². The lowest BCUT2D eigenvalue weighted by Gasteiger charge is -2.23. The van der Waals surface area contributed by atoms with E-state index in [0.717, 1.165) is 18.9 Å². The van der Waals surface area contributed by atoms with E-state index in [4.69, 9.17) is 9.84 Å². The fourth-order valence-electron chi connectivity index (χ4n) is 2.29. The van der Waals surface area contributed by atoms with E-state index in [-0.39, 0.29) is 17.8 Å². The van der Waals surface area contributed by atoms with Crippen molar-refractivity contribution in [2.24, 2.45) is 0 Å². The molecule has 1 aromatic rings. The molecule has 2 N–H and O–H groups in total. The zero-order chi connectivity index (χ0) is 15.3. The number of rotatable bonds is 3. The predicted octanol–water partition coefficient (Wildman–Crippen LogP) is 1.47. The van der Waals surface area contributed by atoms with Crippen LogP contribution in [0.5, 0.6) is 0 Å². The molecule has 1 amide bonds. The fraction of sp³-hybridized carbons (Fsp3) is 0.438. The molecule has 1 aromatic carbocycles. The van der Waals surface area contributed by atoms with Crippen LogP contribution >= 0.6 is 0 Å². The van der Waals surface area contributed by atoms with Crippen molar-refractivity contribution in [2.75, 3.05) is 19.8 Å². The first-order valence-electron chi connectivity index (χ1n) is 6.85. The molecule has 4 nitrogen and oxygen atoms in total. The summed E-state index contributed by atoms with van der Waals surface area (Å²) in [6, 6.07) is 3.81. The molecule has 1 saturated heterocycles. The van der Waals surface area contributed by atoms with Gasteiger partial charge < -0.3 is 15.2 Å². The third-order valence-electron chi connectivity index (χ3n) is 3.45. The highest BCUT2D eigenvalue weighted by atomic mass is 19.1. The van der Waals surface area contributed by atoms with Gasteiger partial charge in [-0.1, -0.05) is 11.8 Å². The van der Waals surface area contributed by atoms with Gasteiger partial charge in [-0.05, 0) is 38.0 Å². The minimum atomic E-state index is -0.502. The van der Waals surface area contributed by atoms with E-state index >= 15 is 0 Å². The van der Waals surface area contributed by atoms with Gasteiger partial charge in [-0.3, -0.25) is 4.79 Å². The minimum Gasteiger partial charge on any atom is -0.384 e. The van der Waals surface area contributed by atoms with E-state index in [1.807, 2.05) is 6.92 Å². The van der Waals surface area contributed by atoms with E-state index in [1.165, 1.54) is 12.1 Å². The maximum absolute atomic E-state index is 13.3. The molecule has 1 atom stereocenters. The van der Waals surface area contributed by atoms with Crippen LogP contribution in [-0.4, -0.2) is 36.4 Å². The topological polar surface area (TPSA) is 58.6 Å². The van der Waals surface area contributed by atoms with E-state index in [9.17, 15) is 9.18 Å². The lowest BCUT2D eigenvalue weighted by atomic mass is 10.0. The molecular formula is C16H18FNO3. The molecule has 5 heteroatoms. The summed E-state index contributed by atoms with van der Waals surface area (Å²) < 4.78 is 18.9. The fourth-order valence-corrected chi connectivity index (χ4v) is 2.29. The number of halogens is 1. The molecule has 2 rings (SSSR count). The van der Waals surface area contributed by atoms with E-state index in [2.05, 4.69) is 17.2 Å². The summed E-state index contributed by atoms with van der Waals surface area (Å²) in [6.07, 6.45) is 1.85. The molecule has 0 bridgehead atoms. The van der Waals surface area contributed by atoms with Crippen molar-refractivity contribution in [3.63, 3.8) is 0 Å². The molecular weight excluding hydrogens is 273 g/mol. The Labute approximate surface area is 123 Å². The summed E-state index contributed by atoms with van der Waals surface area (Å²) in [5, 5.41) is 11.5. The van der Waals surface area contributed by atoms with Crippen molar-refractivity contribution in [1.29, 1.82) is 0 Å². The number of carbonyl (C=O) groups is 1. The summed E-state index contributed by atoms with van der Waals surface area (Å²) >= 11 is 0. The molecule has 0 aliphatic carbocycles.